The second-order valence-electron chi connectivity index (χ2n) is 3.02. The van der Waals surface area contributed by atoms with Crippen LogP contribution in [0.1, 0.15) is 33.6 Å². The largest absolute Gasteiger partial charge is 0.0932 e. The molecule has 0 heterocycles. The first-order valence-corrected chi connectivity index (χ1v) is 6.35. The van der Waals surface area contributed by atoms with E-state index in [0.717, 1.165) is 9.99 Å². The van der Waals surface area contributed by atoms with Gasteiger partial charge in [0.25, 0.3) is 0 Å². The molecule has 0 aromatic rings. The summed E-state index contributed by atoms with van der Waals surface area (Å²) in [5.41, 5.74) is 0.973. The van der Waals surface area contributed by atoms with Crippen molar-refractivity contribution in [2.24, 2.45) is 0 Å². The maximum absolute atomic E-state index is 3.70. The van der Waals surface area contributed by atoms with Gasteiger partial charge in [0, 0.05) is 14.0 Å². The normalized spacial score (nSPS) is 15.7. The standard InChI is InChI=1S/C7H17BrSi/c1-4-5-7(8)9-6(2)3/h6-7H,4-5,9H2,1-3H3. The topological polar surface area (TPSA) is 0 Å². The monoisotopic (exact) mass is 208 g/mol. The van der Waals surface area contributed by atoms with Crippen molar-refractivity contribution in [2.45, 2.75) is 43.6 Å². The Hall–Kier alpha value is 0.697. The predicted octanol–water partition coefficient (Wildman–Crippen LogP) is 2.50. The lowest BCUT2D eigenvalue weighted by molar-refractivity contribution is 0.855. The first kappa shape index (κ1) is 9.70. The van der Waals surface area contributed by atoms with Gasteiger partial charge in [-0.25, -0.2) is 0 Å². The van der Waals surface area contributed by atoms with Crippen LogP contribution in [0.15, 0.2) is 0 Å². The zero-order chi connectivity index (χ0) is 7.28. The van der Waals surface area contributed by atoms with E-state index >= 15 is 0 Å². The van der Waals surface area contributed by atoms with Gasteiger partial charge in [0.05, 0.1) is 0 Å². The Balaban J connectivity index is 3.15. The maximum Gasteiger partial charge on any atom is 0.0390 e. The highest BCUT2D eigenvalue weighted by Gasteiger charge is 2.04. The highest BCUT2D eigenvalue weighted by Crippen LogP contribution is 2.11. The van der Waals surface area contributed by atoms with Crippen molar-refractivity contribution >= 4 is 25.4 Å². The molecule has 0 N–H and O–H groups in total. The third-order valence-corrected chi connectivity index (χ3v) is 4.77. The molecule has 1 unspecified atom stereocenters. The number of rotatable bonds is 4. The highest BCUT2D eigenvalue weighted by atomic mass is 79.9. The molecule has 0 aliphatic carbocycles. The van der Waals surface area contributed by atoms with Gasteiger partial charge in [0.1, 0.15) is 0 Å². The Morgan fingerprint density at radius 3 is 2.33 bits per heavy atom. The Morgan fingerprint density at radius 1 is 1.44 bits per heavy atom. The molecule has 0 saturated heterocycles. The Kier molecular flexibility index (Phi) is 5.90. The summed E-state index contributed by atoms with van der Waals surface area (Å²) in [4.78, 5) is 0. The van der Waals surface area contributed by atoms with E-state index in [2.05, 4.69) is 36.7 Å². The minimum absolute atomic E-state index is 0.176. The first-order chi connectivity index (χ1) is 4.16. The minimum Gasteiger partial charge on any atom is -0.0932 e. The van der Waals surface area contributed by atoms with Crippen molar-refractivity contribution < 1.29 is 0 Å². The van der Waals surface area contributed by atoms with Gasteiger partial charge in [-0.1, -0.05) is 48.7 Å². The van der Waals surface area contributed by atoms with Crippen LogP contribution < -0.4 is 0 Å². The number of halogens is 1. The van der Waals surface area contributed by atoms with E-state index in [-0.39, 0.29) is 9.52 Å². The molecule has 0 spiro atoms. The van der Waals surface area contributed by atoms with Gasteiger partial charge in [-0.3, -0.25) is 0 Å². The first-order valence-electron chi connectivity index (χ1n) is 3.80. The summed E-state index contributed by atoms with van der Waals surface area (Å²) in [6, 6.07) is 0. The summed E-state index contributed by atoms with van der Waals surface area (Å²) < 4.78 is 0.891. The van der Waals surface area contributed by atoms with E-state index < -0.39 is 0 Å². The molecule has 2 heteroatoms. The van der Waals surface area contributed by atoms with Crippen LogP contribution in [0.2, 0.25) is 5.54 Å². The molecule has 9 heavy (non-hydrogen) atoms. The summed E-state index contributed by atoms with van der Waals surface area (Å²) in [5, 5.41) is 0. The number of hydrogen-bond donors (Lipinski definition) is 0. The van der Waals surface area contributed by atoms with E-state index in [1.54, 1.807) is 0 Å². The van der Waals surface area contributed by atoms with Crippen LogP contribution in [0.3, 0.4) is 0 Å². The van der Waals surface area contributed by atoms with Crippen molar-refractivity contribution in [1.29, 1.82) is 0 Å². The van der Waals surface area contributed by atoms with Crippen LogP contribution in [0.4, 0.5) is 0 Å². The van der Waals surface area contributed by atoms with Crippen molar-refractivity contribution in [2.75, 3.05) is 0 Å². The molecule has 0 nitrogen and oxygen atoms in total. The van der Waals surface area contributed by atoms with Crippen molar-refractivity contribution in [3.05, 3.63) is 0 Å². The van der Waals surface area contributed by atoms with E-state index in [1.165, 1.54) is 12.8 Å². The van der Waals surface area contributed by atoms with Crippen LogP contribution in [0, 0.1) is 0 Å². The fraction of sp³-hybridized carbons (Fsp3) is 1.00. The summed E-state index contributed by atoms with van der Waals surface area (Å²) in [7, 11) is 0.176. The molecule has 0 aliphatic heterocycles. The minimum atomic E-state index is 0.176. The van der Waals surface area contributed by atoms with Gasteiger partial charge >= 0.3 is 0 Å². The number of alkyl halides is 1. The molecule has 0 aromatic carbocycles. The lowest BCUT2D eigenvalue weighted by Gasteiger charge is -2.08. The van der Waals surface area contributed by atoms with E-state index in [1.807, 2.05) is 0 Å². The molecular formula is C7H17BrSi. The van der Waals surface area contributed by atoms with Crippen molar-refractivity contribution in [1.82, 2.24) is 0 Å². The fourth-order valence-electron chi connectivity index (χ4n) is 0.943. The Labute approximate surface area is 69.4 Å². The molecular weight excluding hydrogens is 192 g/mol. The van der Waals surface area contributed by atoms with E-state index in [9.17, 15) is 0 Å². The lowest BCUT2D eigenvalue weighted by atomic mass is 10.4. The van der Waals surface area contributed by atoms with Gasteiger partial charge in [-0.05, 0) is 6.42 Å². The van der Waals surface area contributed by atoms with Gasteiger partial charge in [-0.15, -0.1) is 0 Å². The molecule has 0 rings (SSSR count). The summed E-state index contributed by atoms with van der Waals surface area (Å²) in [5.74, 6) is 0. The van der Waals surface area contributed by atoms with Crippen LogP contribution in [0.5, 0.6) is 0 Å². The van der Waals surface area contributed by atoms with Crippen LogP contribution >= 0.6 is 15.9 Å². The molecule has 0 amide bonds. The van der Waals surface area contributed by atoms with Gasteiger partial charge in [0.2, 0.25) is 0 Å². The molecule has 1 atom stereocenters. The molecule has 0 radical (unpaired) electrons. The van der Waals surface area contributed by atoms with Crippen molar-refractivity contribution in [3.8, 4) is 0 Å². The Bertz CT molecular complexity index is 63.9. The quantitative estimate of drug-likeness (QED) is 0.493. The average molecular weight is 209 g/mol. The summed E-state index contributed by atoms with van der Waals surface area (Å²) in [6.07, 6.45) is 2.71. The smallest absolute Gasteiger partial charge is 0.0390 e. The molecule has 0 saturated carbocycles. The summed E-state index contributed by atoms with van der Waals surface area (Å²) >= 11 is 3.70. The molecule has 56 valence electrons. The van der Waals surface area contributed by atoms with Gasteiger partial charge in [-0.2, -0.15) is 0 Å². The van der Waals surface area contributed by atoms with E-state index in [4.69, 9.17) is 0 Å². The van der Waals surface area contributed by atoms with Crippen LogP contribution in [-0.4, -0.2) is 14.0 Å². The average Bonchev–Trinajstić information content (AvgIpc) is 1.63. The zero-order valence-electron chi connectivity index (χ0n) is 6.65. The molecule has 0 bridgehead atoms. The second kappa shape index (κ2) is 5.48. The Morgan fingerprint density at radius 2 is 2.00 bits per heavy atom. The fourth-order valence-corrected chi connectivity index (χ4v) is 5.31. The molecule has 0 aromatic heterocycles. The second-order valence-corrected chi connectivity index (χ2v) is 8.60. The zero-order valence-corrected chi connectivity index (χ0v) is 9.65. The third-order valence-electron chi connectivity index (χ3n) is 1.33. The van der Waals surface area contributed by atoms with E-state index in [0.29, 0.717) is 0 Å². The molecule has 0 aliphatic rings. The van der Waals surface area contributed by atoms with Crippen LogP contribution in [-0.2, 0) is 0 Å². The lowest BCUT2D eigenvalue weighted by Crippen LogP contribution is -2.11. The predicted molar refractivity (Wildman–Crippen MR) is 51.3 cm³/mol. The highest BCUT2D eigenvalue weighted by molar-refractivity contribution is 9.10. The maximum atomic E-state index is 3.70. The SMILES string of the molecule is CCCC(Br)[SiH2]C(C)C. The van der Waals surface area contributed by atoms with Crippen molar-refractivity contribution in [3.63, 3.8) is 0 Å². The van der Waals surface area contributed by atoms with Crippen LogP contribution in [0.25, 0.3) is 0 Å². The summed E-state index contributed by atoms with van der Waals surface area (Å²) in [6.45, 7) is 6.91. The number of hydrogen-bond acceptors (Lipinski definition) is 0. The third kappa shape index (κ3) is 6.58. The van der Waals surface area contributed by atoms with Gasteiger partial charge < -0.3 is 0 Å². The van der Waals surface area contributed by atoms with Gasteiger partial charge in [0.15, 0.2) is 0 Å². The molecule has 0 fully saturated rings.